The monoisotopic (exact) mass is 325 g/mol. The molecule has 0 atom stereocenters. The highest BCUT2D eigenvalue weighted by atomic mass is 16.6. The summed E-state index contributed by atoms with van der Waals surface area (Å²) < 4.78 is 4.63. The quantitative estimate of drug-likeness (QED) is 0.494. The molecule has 24 heavy (non-hydrogen) atoms. The van der Waals surface area contributed by atoms with E-state index in [0.717, 1.165) is 0 Å². The Morgan fingerprint density at radius 3 is 2.29 bits per heavy atom. The second-order valence-electron chi connectivity index (χ2n) is 4.89. The van der Waals surface area contributed by atoms with Crippen LogP contribution >= 0.6 is 0 Å². The van der Waals surface area contributed by atoms with Crippen LogP contribution in [0.15, 0.2) is 54.6 Å². The highest BCUT2D eigenvalue weighted by Crippen LogP contribution is 2.07. The largest absolute Gasteiger partial charge is 0.392 e. The molecular weight excluding hydrogens is 310 g/mol. The number of ether oxygens (including phenoxy) is 1. The van der Waals surface area contributed by atoms with Crippen molar-refractivity contribution >= 4 is 24.1 Å². The number of amides is 1. The van der Waals surface area contributed by atoms with Crippen molar-refractivity contribution < 1.29 is 23.9 Å². The van der Waals surface area contributed by atoms with Gasteiger partial charge in [0.1, 0.15) is 12.8 Å². The average molecular weight is 325 g/mol. The molecule has 0 fully saturated rings. The van der Waals surface area contributed by atoms with E-state index in [9.17, 15) is 19.2 Å². The molecule has 2 aromatic carbocycles. The van der Waals surface area contributed by atoms with Gasteiger partial charge in [0.15, 0.2) is 0 Å². The van der Waals surface area contributed by atoms with E-state index in [2.05, 4.69) is 10.1 Å². The van der Waals surface area contributed by atoms with Gasteiger partial charge in [0.25, 0.3) is 5.91 Å². The van der Waals surface area contributed by atoms with Crippen LogP contribution in [0, 0.1) is 0 Å². The molecule has 0 radical (unpaired) electrons. The predicted octanol–water partition coefficient (Wildman–Crippen LogP) is 1.54. The highest BCUT2D eigenvalue weighted by Gasteiger charge is 2.14. The van der Waals surface area contributed by atoms with Gasteiger partial charge in [-0.05, 0) is 17.7 Å². The van der Waals surface area contributed by atoms with Crippen LogP contribution in [0.1, 0.15) is 26.3 Å². The lowest BCUT2D eigenvalue weighted by Gasteiger charge is -2.06. The van der Waals surface area contributed by atoms with Crippen molar-refractivity contribution in [1.82, 2.24) is 5.32 Å². The van der Waals surface area contributed by atoms with Crippen molar-refractivity contribution in [3.8, 4) is 0 Å². The molecule has 0 saturated heterocycles. The number of hydrogen-bond donors (Lipinski definition) is 1. The third-order valence-electron chi connectivity index (χ3n) is 3.17. The highest BCUT2D eigenvalue weighted by molar-refractivity contribution is 5.97. The number of benzene rings is 2. The van der Waals surface area contributed by atoms with E-state index in [1.165, 1.54) is 0 Å². The summed E-state index contributed by atoms with van der Waals surface area (Å²) in [6.07, 6.45) is 0.428. The van der Waals surface area contributed by atoms with Gasteiger partial charge in [0.05, 0.1) is 6.42 Å². The molecule has 1 N–H and O–H groups in total. The average Bonchev–Trinajstić information content (AvgIpc) is 2.60. The van der Waals surface area contributed by atoms with Crippen LogP contribution in [0.3, 0.4) is 0 Å². The maximum atomic E-state index is 11.8. The van der Waals surface area contributed by atoms with Crippen molar-refractivity contribution in [1.29, 1.82) is 0 Å². The van der Waals surface area contributed by atoms with Crippen LogP contribution in [0.5, 0.6) is 0 Å². The molecule has 2 aromatic rings. The number of rotatable bonds is 6. The standard InChI is InChI=1S/C18H15NO5/c20-12-15-9-5-4-8-14(15)10-16(21)24-17(22)11-19-18(23)13-6-2-1-3-7-13/h1-9,12H,10-11H2,(H,19,23). The number of hydrogen-bond acceptors (Lipinski definition) is 5. The molecule has 0 aliphatic carbocycles. The SMILES string of the molecule is O=Cc1ccccc1CC(=O)OC(=O)CNC(=O)c1ccccc1. The molecule has 0 unspecified atom stereocenters. The lowest BCUT2D eigenvalue weighted by molar-refractivity contribution is -0.158. The molecule has 0 saturated carbocycles. The van der Waals surface area contributed by atoms with E-state index >= 15 is 0 Å². The molecule has 6 heteroatoms. The summed E-state index contributed by atoms with van der Waals surface area (Å²) in [5.74, 6) is -2.09. The summed E-state index contributed by atoms with van der Waals surface area (Å²) in [5.41, 5.74) is 1.23. The van der Waals surface area contributed by atoms with Crippen molar-refractivity contribution in [3.63, 3.8) is 0 Å². The zero-order chi connectivity index (χ0) is 17.4. The van der Waals surface area contributed by atoms with Crippen molar-refractivity contribution in [2.45, 2.75) is 6.42 Å². The molecular formula is C18H15NO5. The summed E-state index contributed by atoms with van der Waals surface area (Å²) in [6, 6.07) is 14.9. The molecule has 1 amide bonds. The summed E-state index contributed by atoms with van der Waals surface area (Å²) >= 11 is 0. The number of carbonyl (C=O) groups is 4. The molecule has 0 spiro atoms. The summed E-state index contributed by atoms with van der Waals surface area (Å²) in [4.78, 5) is 46.0. The maximum absolute atomic E-state index is 11.8. The Morgan fingerprint density at radius 2 is 1.58 bits per heavy atom. The van der Waals surface area contributed by atoms with Gasteiger partial charge in [0.2, 0.25) is 0 Å². The molecule has 0 aliphatic heterocycles. The van der Waals surface area contributed by atoms with Gasteiger partial charge in [-0.1, -0.05) is 42.5 Å². The van der Waals surface area contributed by atoms with Crippen molar-refractivity contribution in [3.05, 3.63) is 71.3 Å². The van der Waals surface area contributed by atoms with Gasteiger partial charge in [-0.15, -0.1) is 0 Å². The molecule has 6 nitrogen and oxygen atoms in total. The molecule has 2 rings (SSSR count). The number of carbonyl (C=O) groups excluding carboxylic acids is 4. The third-order valence-corrected chi connectivity index (χ3v) is 3.17. The van der Waals surface area contributed by atoms with Crippen LogP contribution in [0.4, 0.5) is 0 Å². The van der Waals surface area contributed by atoms with Gasteiger partial charge in [-0.2, -0.15) is 0 Å². The summed E-state index contributed by atoms with van der Waals surface area (Å²) in [7, 11) is 0. The zero-order valence-electron chi connectivity index (χ0n) is 12.7. The molecule has 0 bridgehead atoms. The number of aldehydes is 1. The van der Waals surface area contributed by atoms with Gasteiger partial charge in [-0.3, -0.25) is 14.4 Å². The third kappa shape index (κ3) is 4.88. The van der Waals surface area contributed by atoms with E-state index in [0.29, 0.717) is 23.0 Å². The Bertz CT molecular complexity index is 755. The molecule has 0 aliphatic rings. The minimum atomic E-state index is -0.868. The minimum Gasteiger partial charge on any atom is -0.392 e. The Kier molecular flexibility index (Phi) is 5.96. The fraction of sp³-hybridized carbons (Fsp3) is 0.111. The topological polar surface area (TPSA) is 89.5 Å². The lowest BCUT2D eigenvalue weighted by atomic mass is 10.1. The normalized spacial score (nSPS) is 9.83. The van der Waals surface area contributed by atoms with Gasteiger partial charge < -0.3 is 10.1 Å². The fourth-order valence-corrected chi connectivity index (χ4v) is 2.01. The Balaban J connectivity index is 1.83. The van der Waals surface area contributed by atoms with Gasteiger partial charge in [0, 0.05) is 11.1 Å². The fourth-order valence-electron chi connectivity index (χ4n) is 2.01. The van der Waals surface area contributed by atoms with E-state index in [1.807, 2.05) is 0 Å². The van der Waals surface area contributed by atoms with Crippen LogP contribution in [-0.4, -0.2) is 30.7 Å². The maximum Gasteiger partial charge on any atom is 0.333 e. The number of nitrogens with one attached hydrogen (secondary N) is 1. The number of esters is 2. The van der Waals surface area contributed by atoms with E-state index in [-0.39, 0.29) is 6.42 Å². The summed E-state index contributed by atoms with van der Waals surface area (Å²) in [6.45, 7) is -0.422. The minimum absolute atomic E-state index is 0.201. The van der Waals surface area contributed by atoms with Crippen LogP contribution in [0.25, 0.3) is 0 Å². The first-order valence-corrected chi connectivity index (χ1v) is 7.20. The Hall–Kier alpha value is -3.28. The Labute approximate surface area is 138 Å². The lowest BCUT2D eigenvalue weighted by Crippen LogP contribution is -2.32. The van der Waals surface area contributed by atoms with Crippen LogP contribution < -0.4 is 5.32 Å². The van der Waals surface area contributed by atoms with Crippen LogP contribution in [-0.2, 0) is 20.7 Å². The first-order valence-electron chi connectivity index (χ1n) is 7.20. The molecule has 0 heterocycles. The van der Waals surface area contributed by atoms with Gasteiger partial charge >= 0.3 is 11.9 Å². The predicted molar refractivity (Wildman–Crippen MR) is 85.4 cm³/mol. The second kappa shape index (κ2) is 8.38. The van der Waals surface area contributed by atoms with Crippen LogP contribution in [0.2, 0.25) is 0 Å². The van der Waals surface area contributed by atoms with E-state index in [4.69, 9.17) is 0 Å². The Morgan fingerprint density at radius 1 is 0.917 bits per heavy atom. The molecule has 122 valence electrons. The van der Waals surface area contributed by atoms with E-state index in [1.54, 1.807) is 54.6 Å². The van der Waals surface area contributed by atoms with E-state index < -0.39 is 24.4 Å². The summed E-state index contributed by atoms with van der Waals surface area (Å²) in [5, 5.41) is 2.37. The van der Waals surface area contributed by atoms with Crippen molar-refractivity contribution in [2.75, 3.05) is 6.54 Å². The molecule has 0 aromatic heterocycles. The van der Waals surface area contributed by atoms with Gasteiger partial charge in [-0.25, -0.2) is 4.79 Å². The zero-order valence-corrected chi connectivity index (χ0v) is 12.7. The van der Waals surface area contributed by atoms with Crippen molar-refractivity contribution in [2.24, 2.45) is 0 Å². The second-order valence-corrected chi connectivity index (χ2v) is 4.89. The smallest absolute Gasteiger partial charge is 0.333 e. The first kappa shape index (κ1) is 17.1. The first-order chi connectivity index (χ1) is 11.6.